The van der Waals surface area contributed by atoms with Crippen molar-refractivity contribution in [3.63, 3.8) is 0 Å². The molecule has 0 aliphatic heterocycles. The van der Waals surface area contributed by atoms with Gasteiger partial charge in [-0.15, -0.1) is 0 Å². The topological polar surface area (TPSA) is 38.9 Å². The largest absolute Gasteiger partial charge is 0.325 e. The first kappa shape index (κ1) is 11.8. The lowest BCUT2D eigenvalue weighted by molar-refractivity contribution is 0.462. The molecule has 0 aliphatic rings. The van der Waals surface area contributed by atoms with Crippen LogP contribution in [-0.2, 0) is 12.8 Å². The van der Waals surface area contributed by atoms with Gasteiger partial charge in [-0.3, -0.25) is 4.98 Å². The van der Waals surface area contributed by atoms with Gasteiger partial charge in [-0.05, 0) is 37.0 Å². The molecule has 17 heavy (non-hydrogen) atoms. The molecule has 2 heteroatoms. The first-order valence-corrected chi connectivity index (χ1v) is 5.87. The maximum atomic E-state index is 6.35. The maximum absolute atomic E-state index is 6.35. The van der Waals surface area contributed by atoms with E-state index in [1.165, 1.54) is 11.1 Å². The van der Waals surface area contributed by atoms with Crippen LogP contribution in [0.1, 0.15) is 18.1 Å². The molecule has 2 rings (SSSR count). The molecule has 0 fully saturated rings. The number of pyridine rings is 1. The molecule has 0 aliphatic carbocycles. The minimum absolute atomic E-state index is 0.232. The monoisotopic (exact) mass is 226 g/mol. The van der Waals surface area contributed by atoms with Crippen LogP contribution in [-0.4, -0.2) is 10.5 Å². The second-order valence-corrected chi connectivity index (χ2v) is 4.85. The van der Waals surface area contributed by atoms with E-state index in [0.717, 1.165) is 12.8 Å². The molecular weight excluding hydrogens is 208 g/mol. The van der Waals surface area contributed by atoms with Crippen LogP contribution in [0.5, 0.6) is 0 Å². The highest BCUT2D eigenvalue weighted by atomic mass is 14.7. The molecule has 0 bridgehead atoms. The fourth-order valence-electron chi connectivity index (χ4n) is 2.09. The third kappa shape index (κ3) is 3.68. The zero-order valence-corrected chi connectivity index (χ0v) is 10.1. The Morgan fingerprint density at radius 1 is 1.00 bits per heavy atom. The normalized spacial score (nSPS) is 14.2. The van der Waals surface area contributed by atoms with E-state index in [-0.39, 0.29) is 5.54 Å². The highest BCUT2D eigenvalue weighted by Gasteiger charge is 2.19. The predicted octanol–water partition coefficient (Wildman–Crippen LogP) is 2.58. The molecule has 1 aromatic carbocycles. The summed E-state index contributed by atoms with van der Waals surface area (Å²) in [4.78, 5) is 4.12. The van der Waals surface area contributed by atoms with Crippen molar-refractivity contribution in [3.8, 4) is 0 Å². The zero-order chi connectivity index (χ0) is 12.1. The highest BCUT2D eigenvalue weighted by molar-refractivity contribution is 5.20. The predicted molar refractivity (Wildman–Crippen MR) is 70.7 cm³/mol. The molecule has 88 valence electrons. The van der Waals surface area contributed by atoms with Gasteiger partial charge in [-0.2, -0.15) is 0 Å². The lowest BCUT2D eigenvalue weighted by Gasteiger charge is -2.24. The smallest absolute Gasteiger partial charge is 0.0300 e. The minimum Gasteiger partial charge on any atom is -0.325 e. The molecule has 1 unspecified atom stereocenters. The summed E-state index contributed by atoms with van der Waals surface area (Å²) in [5.41, 5.74) is 8.59. The summed E-state index contributed by atoms with van der Waals surface area (Å²) in [5.74, 6) is 0. The molecule has 0 saturated heterocycles. The van der Waals surface area contributed by atoms with Crippen molar-refractivity contribution in [2.75, 3.05) is 0 Å². The Bertz CT molecular complexity index is 405. The fourth-order valence-corrected chi connectivity index (χ4v) is 2.09. The third-order valence-electron chi connectivity index (χ3n) is 2.78. The highest BCUT2D eigenvalue weighted by Crippen LogP contribution is 2.15. The molecular formula is C15H18N2. The number of hydrogen-bond donors (Lipinski definition) is 1. The van der Waals surface area contributed by atoms with Crippen LogP contribution in [0.4, 0.5) is 0 Å². The van der Waals surface area contributed by atoms with E-state index in [2.05, 4.69) is 42.2 Å². The first-order valence-electron chi connectivity index (χ1n) is 5.87. The molecule has 1 aromatic heterocycles. The second kappa shape index (κ2) is 5.11. The Morgan fingerprint density at radius 2 is 1.65 bits per heavy atom. The molecule has 2 aromatic rings. The summed E-state index contributed by atoms with van der Waals surface area (Å²) in [6.07, 6.45) is 5.39. The lowest BCUT2D eigenvalue weighted by atomic mass is 9.88. The van der Waals surface area contributed by atoms with E-state index >= 15 is 0 Å². The third-order valence-corrected chi connectivity index (χ3v) is 2.78. The Kier molecular flexibility index (Phi) is 3.55. The van der Waals surface area contributed by atoms with Crippen LogP contribution in [0.2, 0.25) is 0 Å². The van der Waals surface area contributed by atoms with Gasteiger partial charge in [0.1, 0.15) is 0 Å². The van der Waals surface area contributed by atoms with E-state index in [1.54, 1.807) is 6.20 Å². The summed E-state index contributed by atoms with van der Waals surface area (Å²) in [7, 11) is 0. The Hall–Kier alpha value is -1.67. The lowest BCUT2D eigenvalue weighted by Crippen LogP contribution is -2.40. The van der Waals surface area contributed by atoms with Gasteiger partial charge < -0.3 is 5.73 Å². The van der Waals surface area contributed by atoms with Crippen LogP contribution in [0.3, 0.4) is 0 Å². The SMILES string of the molecule is CC(N)(Cc1ccccc1)Cc1cccnc1. The van der Waals surface area contributed by atoms with Crippen molar-refractivity contribution < 1.29 is 0 Å². The van der Waals surface area contributed by atoms with Crippen LogP contribution in [0, 0.1) is 0 Å². The van der Waals surface area contributed by atoms with Gasteiger partial charge in [0.25, 0.3) is 0 Å². The average molecular weight is 226 g/mol. The summed E-state index contributed by atoms with van der Waals surface area (Å²) < 4.78 is 0. The average Bonchev–Trinajstić information content (AvgIpc) is 2.30. The van der Waals surface area contributed by atoms with Gasteiger partial charge in [-0.1, -0.05) is 36.4 Å². The van der Waals surface area contributed by atoms with Crippen LogP contribution in [0.15, 0.2) is 54.9 Å². The van der Waals surface area contributed by atoms with Gasteiger partial charge in [0, 0.05) is 17.9 Å². The van der Waals surface area contributed by atoms with Gasteiger partial charge in [0.2, 0.25) is 0 Å². The molecule has 2 N–H and O–H groups in total. The summed E-state index contributed by atoms with van der Waals surface area (Å²) in [6, 6.07) is 14.4. The van der Waals surface area contributed by atoms with Crippen molar-refractivity contribution in [1.29, 1.82) is 0 Å². The standard InChI is InChI=1S/C15H18N2/c1-15(16,10-13-6-3-2-4-7-13)11-14-8-5-9-17-12-14/h2-9,12H,10-11,16H2,1H3. The van der Waals surface area contributed by atoms with E-state index in [0.29, 0.717) is 0 Å². The number of nitrogens with two attached hydrogens (primary N) is 1. The summed E-state index contributed by atoms with van der Waals surface area (Å²) >= 11 is 0. The Labute approximate surface area is 103 Å². The Balaban J connectivity index is 2.04. The van der Waals surface area contributed by atoms with Gasteiger partial charge in [0.15, 0.2) is 0 Å². The minimum atomic E-state index is -0.232. The molecule has 0 spiro atoms. The van der Waals surface area contributed by atoms with Crippen molar-refractivity contribution in [1.82, 2.24) is 4.98 Å². The van der Waals surface area contributed by atoms with E-state index in [4.69, 9.17) is 5.73 Å². The van der Waals surface area contributed by atoms with E-state index < -0.39 is 0 Å². The number of aromatic nitrogens is 1. The fraction of sp³-hybridized carbons (Fsp3) is 0.267. The first-order chi connectivity index (χ1) is 8.16. The number of rotatable bonds is 4. The van der Waals surface area contributed by atoms with Gasteiger partial charge >= 0.3 is 0 Å². The van der Waals surface area contributed by atoms with Crippen LogP contribution < -0.4 is 5.73 Å². The quantitative estimate of drug-likeness (QED) is 0.870. The van der Waals surface area contributed by atoms with Crippen molar-refractivity contribution >= 4 is 0 Å². The zero-order valence-electron chi connectivity index (χ0n) is 10.1. The number of benzene rings is 1. The van der Waals surface area contributed by atoms with Crippen LogP contribution >= 0.6 is 0 Å². The molecule has 1 heterocycles. The maximum Gasteiger partial charge on any atom is 0.0300 e. The molecule has 0 radical (unpaired) electrons. The summed E-state index contributed by atoms with van der Waals surface area (Å²) in [5, 5.41) is 0. The van der Waals surface area contributed by atoms with Crippen molar-refractivity contribution in [3.05, 3.63) is 66.0 Å². The molecule has 2 nitrogen and oxygen atoms in total. The molecule has 1 atom stereocenters. The van der Waals surface area contributed by atoms with Crippen LogP contribution in [0.25, 0.3) is 0 Å². The number of nitrogens with zero attached hydrogens (tertiary/aromatic N) is 1. The van der Waals surface area contributed by atoms with Crippen molar-refractivity contribution in [2.24, 2.45) is 5.73 Å². The van der Waals surface area contributed by atoms with Gasteiger partial charge in [0.05, 0.1) is 0 Å². The van der Waals surface area contributed by atoms with Gasteiger partial charge in [-0.25, -0.2) is 0 Å². The van der Waals surface area contributed by atoms with E-state index in [1.807, 2.05) is 18.3 Å². The number of hydrogen-bond acceptors (Lipinski definition) is 2. The molecule has 0 saturated carbocycles. The molecule has 0 amide bonds. The Morgan fingerprint density at radius 3 is 2.29 bits per heavy atom. The second-order valence-electron chi connectivity index (χ2n) is 4.85. The van der Waals surface area contributed by atoms with Crippen molar-refractivity contribution in [2.45, 2.75) is 25.3 Å². The summed E-state index contributed by atoms with van der Waals surface area (Å²) in [6.45, 7) is 2.09. The van der Waals surface area contributed by atoms with E-state index in [9.17, 15) is 0 Å².